The molecule has 0 bridgehead atoms. The zero-order valence-electron chi connectivity index (χ0n) is 7.62. The van der Waals surface area contributed by atoms with Gasteiger partial charge in [0, 0.05) is 23.3 Å². The van der Waals surface area contributed by atoms with Crippen LogP contribution in [0.2, 0.25) is 0 Å². The number of hydrogen-bond acceptors (Lipinski definition) is 2. The van der Waals surface area contributed by atoms with Crippen molar-refractivity contribution in [3.05, 3.63) is 30.1 Å². The number of ketones is 1. The highest BCUT2D eigenvalue weighted by atomic mass is 79.9. The minimum absolute atomic E-state index is 0.0734. The lowest BCUT2D eigenvalue weighted by Crippen LogP contribution is -2.08. The first-order chi connectivity index (χ1) is 6.70. The van der Waals surface area contributed by atoms with Crippen LogP contribution in [0.25, 0.3) is 11.0 Å². The van der Waals surface area contributed by atoms with E-state index >= 15 is 0 Å². The molecule has 4 heteroatoms. The van der Waals surface area contributed by atoms with E-state index in [9.17, 15) is 4.79 Å². The molecule has 2 heterocycles. The summed E-state index contributed by atoms with van der Waals surface area (Å²) in [6, 6.07) is 3.72. The Morgan fingerprint density at radius 1 is 1.64 bits per heavy atom. The summed E-state index contributed by atoms with van der Waals surface area (Å²) in [7, 11) is 0. The second kappa shape index (κ2) is 3.53. The number of Topliss-reactive ketones (excluding diaryl/α,β-unsaturated/α-hetero) is 1. The highest BCUT2D eigenvalue weighted by Crippen LogP contribution is 2.19. The van der Waals surface area contributed by atoms with Crippen molar-refractivity contribution < 1.29 is 4.79 Å². The molecule has 1 unspecified atom stereocenters. The topological polar surface area (TPSA) is 45.8 Å². The largest absolute Gasteiger partial charge is 0.345 e. The predicted molar refractivity (Wildman–Crippen MR) is 58.8 cm³/mol. The first kappa shape index (κ1) is 9.40. The quantitative estimate of drug-likeness (QED) is 0.660. The van der Waals surface area contributed by atoms with Gasteiger partial charge in [-0.25, -0.2) is 4.98 Å². The molecule has 0 aliphatic carbocycles. The lowest BCUT2D eigenvalue weighted by Gasteiger charge is -1.99. The molecule has 0 spiro atoms. The van der Waals surface area contributed by atoms with E-state index in [1.807, 2.05) is 19.1 Å². The molecule has 14 heavy (non-hydrogen) atoms. The lowest BCUT2D eigenvalue weighted by atomic mass is 10.1. The number of alkyl halides is 1. The van der Waals surface area contributed by atoms with Crippen LogP contribution in [0.4, 0.5) is 0 Å². The van der Waals surface area contributed by atoms with Gasteiger partial charge in [0.2, 0.25) is 0 Å². The van der Waals surface area contributed by atoms with Crippen LogP contribution in [-0.4, -0.2) is 20.6 Å². The molecular formula is C10H9BrN2O. The standard InChI is InChI=1S/C10H9BrN2O/c1-6(11)9(14)8-5-13-10-7(8)3-2-4-12-10/h2-6H,1H3,(H,12,13). The number of pyridine rings is 1. The van der Waals surface area contributed by atoms with Gasteiger partial charge in [-0.3, -0.25) is 4.79 Å². The monoisotopic (exact) mass is 252 g/mol. The molecule has 2 aromatic rings. The van der Waals surface area contributed by atoms with Gasteiger partial charge in [0.25, 0.3) is 0 Å². The SMILES string of the molecule is CC(Br)C(=O)c1c[nH]c2ncccc12. The van der Waals surface area contributed by atoms with E-state index in [0.717, 1.165) is 11.0 Å². The Bertz CT molecular complexity index is 476. The summed E-state index contributed by atoms with van der Waals surface area (Å²) < 4.78 is 0. The third kappa shape index (κ3) is 1.46. The number of H-pyrrole nitrogens is 1. The number of carbonyl (C=O) groups is 1. The molecule has 0 radical (unpaired) electrons. The van der Waals surface area contributed by atoms with Gasteiger partial charge in [-0.05, 0) is 19.1 Å². The van der Waals surface area contributed by atoms with Gasteiger partial charge in [0.1, 0.15) is 5.65 Å². The van der Waals surface area contributed by atoms with Crippen LogP contribution in [-0.2, 0) is 0 Å². The minimum atomic E-state index is -0.165. The van der Waals surface area contributed by atoms with Crippen molar-refractivity contribution in [3.63, 3.8) is 0 Å². The van der Waals surface area contributed by atoms with Gasteiger partial charge in [-0.15, -0.1) is 0 Å². The molecule has 72 valence electrons. The first-order valence-electron chi connectivity index (χ1n) is 4.30. The Kier molecular flexibility index (Phi) is 2.37. The van der Waals surface area contributed by atoms with Crippen LogP contribution in [0.15, 0.2) is 24.5 Å². The molecule has 2 aromatic heterocycles. The molecule has 0 fully saturated rings. The fraction of sp³-hybridized carbons (Fsp3) is 0.200. The van der Waals surface area contributed by atoms with Crippen LogP contribution in [0.5, 0.6) is 0 Å². The third-order valence-electron chi connectivity index (χ3n) is 2.08. The molecule has 0 amide bonds. The molecule has 1 atom stereocenters. The molecule has 0 aromatic carbocycles. The maximum absolute atomic E-state index is 11.7. The first-order valence-corrected chi connectivity index (χ1v) is 5.22. The van der Waals surface area contributed by atoms with E-state index in [-0.39, 0.29) is 10.6 Å². The molecule has 0 saturated carbocycles. The van der Waals surface area contributed by atoms with Gasteiger partial charge >= 0.3 is 0 Å². The van der Waals surface area contributed by atoms with E-state index in [4.69, 9.17) is 0 Å². The van der Waals surface area contributed by atoms with Crippen LogP contribution in [0.1, 0.15) is 17.3 Å². The summed E-state index contributed by atoms with van der Waals surface area (Å²) in [6.07, 6.45) is 3.41. The number of halogens is 1. The fourth-order valence-electron chi connectivity index (χ4n) is 1.37. The van der Waals surface area contributed by atoms with E-state index in [1.165, 1.54) is 0 Å². The average Bonchev–Trinajstić information content (AvgIpc) is 2.60. The molecule has 3 nitrogen and oxygen atoms in total. The van der Waals surface area contributed by atoms with Crippen LogP contribution >= 0.6 is 15.9 Å². The van der Waals surface area contributed by atoms with Crippen molar-refractivity contribution in [3.8, 4) is 0 Å². The van der Waals surface area contributed by atoms with Crippen molar-refractivity contribution >= 4 is 32.7 Å². The highest BCUT2D eigenvalue weighted by molar-refractivity contribution is 9.10. The maximum atomic E-state index is 11.7. The highest BCUT2D eigenvalue weighted by Gasteiger charge is 2.16. The summed E-state index contributed by atoms with van der Waals surface area (Å²) in [5.41, 5.74) is 1.45. The number of carbonyl (C=O) groups excluding carboxylic acids is 1. The third-order valence-corrected chi connectivity index (χ3v) is 2.49. The Hall–Kier alpha value is -1.16. The number of hydrogen-bond donors (Lipinski definition) is 1. The second-order valence-corrected chi connectivity index (χ2v) is 4.46. The van der Waals surface area contributed by atoms with Crippen LogP contribution in [0.3, 0.4) is 0 Å². The summed E-state index contributed by atoms with van der Waals surface area (Å²) in [6.45, 7) is 1.82. The maximum Gasteiger partial charge on any atom is 0.178 e. The number of nitrogens with zero attached hydrogens (tertiary/aromatic N) is 1. The summed E-state index contributed by atoms with van der Waals surface area (Å²) in [5, 5.41) is 0.879. The van der Waals surface area contributed by atoms with Crippen molar-refractivity contribution in [1.29, 1.82) is 0 Å². The number of fused-ring (bicyclic) bond motifs is 1. The van der Waals surface area contributed by atoms with Crippen molar-refractivity contribution in [2.45, 2.75) is 11.8 Å². The van der Waals surface area contributed by atoms with Gasteiger partial charge in [-0.1, -0.05) is 15.9 Å². The molecule has 1 N–H and O–H groups in total. The van der Waals surface area contributed by atoms with Crippen molar-refractivity contribution in [2.24, 2.45) is 0 Å². The number of aromatic amines is 1. The number of aromatic nitrogens is 2. The zero-order valence-corrected chi connectivity index (χ0v) is 9.21. The predicted octanol–water partition coefficient (Wildman–Crippen LogP) is 2.53. The lowest BCUT2D eigenvalue weighted by molar-refractivity contribution is 0.0997. The van der Waals surface area contributed by atoms with Gasteiger partial charge in [-0.2, -0.15) is 0 Å². The average molecular weight is 253 g/mol. The summed E-state index contributed by atoms with van der Waals surface area (Å²) in [5.74, 6) is 0.0734. The Balaban J connectivity index is 2.58. The number of rotatable bonds is 2. The van der Waals surface area contributed by atoms with Crippen molar-refractivity contribution in [2.75, 3.05) is 0 Å². The second-order valence-electron chi connectivity index (χ2n) is 3.08. The van der Waals surface area contributed by atoms with Crippen molar-refractivity contribution in [1.82, 2.24) is 9.97 Å². The Labute approximate surface area is 89.7 Å². The molecule has 0 saturated heterocycles. The van der Waals surface area contributed by atoms with Crippen LogP contribution in [0, 0.1) is 0 Å². The van der Waals surface area contributed by atoms with E-state index in [1.54, 1.807) is 12.4 Å². The van der Waals surface area contributed by atoms with E-state index in [0.29, 0.717) is 5.56 Å². The fourth-order valence-corrected chi connectivity index (χ4v) is 1.62. The normalized spacial score (nSPS) is 13.0. The molecule has 2 rings (SSSR count). The van der Waals surface area contributed by atoms with E-state index < -0.39 is 0 Å². The van der Waals surface area contributed by atoms with Crippen LogP contribution < -0.4 is 0 Å². The smallest absolute Gasteiger partial charge is 0.178 e. The van der Waals surface area contributed by atoms with Gasteiger partial charge in [0.05, 0.1) is 4.83 Å². The molecular weight excluding hydrogens is 244 g/mol. The van der Waals surface area contributed by atoms with Gasteiger partial charge < -0.3 is 4.98 Å². The van der Waals surface area contributed by atoms with E-state index in [2.05, 4.69) is 25.9 Å². The zero-order chi connectivity index (χ0) is 10.1. The summed E-state index contributed by atoms with van der Waals surface area (Å²) >= 11 is 3.26. The summed E-state index contributed by atoms with van der Waals surface area (Å²) in [4.78, 5) is 18.7. The molecule has 0 aliphatic heterocycles. The number of nitrogens with one attached hydrogen (secondary N) is 1. The molecule has 0 aliphatic rings. The Morgan fingerprint density at radius 2 is 2.43 bits per heavy atom. The van der Waals surface area contributed by atoms with Gasteiger partial charge in [0.15, 0.2) is 5.78 Å². The minimum Gasteiger partial charge on any atom is -0.345 e. The Morgan fingerprint density at radius 3 is 3.14 bits per heavy atom.